The molecule has 3 rings (SSSR count). The number of rotatable bonds is 14. The Morgan fingerprint density at radius 2 is 1.70 bits per heavy atom. The molecule has 2 aromatic carbocycles. The smallest absolute Gasteiger partial charge is 0.253 e. The number of nitrogens with one attached hydrogen (secondary N) is 2. The Kier molecular flexibility index (Phi) is 10.3. The van der Waals surface area contributed by atoms with Crippen LogP contribution in [-0.4, -0.2) is 62.7 Å². The van der Waals surface area contributed by atoms with Crippen LogP contribution in [0.5, 0.6) is 11.5 Å². The average Bonchev–Trinajstić information content (AvgIpc) is 3.35. The Balaban J connectivity index is 1.22. The van der Waals surface area contributed by atoms with Crippen LogP contribution >= 0.6 is 0 Å². The van der Waals surface area contributed by atoms with Gasteiger partial charge in [-0.2, -0.15) is 0 Å². The van der Waals surface area contributed by atoms with Crippen molar-refractivity contribution in [2.45, 2.75) is 37.9 Å². The molecule has 2 aromatic rings. The highest BCUT2D eigenvalue weighted by Gasteiger charge is 2.14. The van der Waals surface area contributed by atoms with Crippen molar-refractivity contribution in [1.82, 2.24) is 10.6 Å². The van der Waals surface area contributed by atoms with Gasteiger partial charge in [0.2, 0.25) is 0 Å². The molecule has 180 valence electrons. The Labute approximate surface area is 195 Å². The average molecular weight is 458 g/mol. The normalized spacial score (nSPS) is 14.7. The molecule has 1 unspecified atom stereocenters. The highest BCUT2D eigenvalue weighted by molar-refractivity contribution is 5.99. The molecule has 8 nitrogen and oxygen atoms in total. The van der Waals surface area contributed by atoms with Gasteiger partial charge in [0, 0.05) is 25.3 Å². The van der Waals surface area contributed by atoms with Crippen LogP contribution in [0.3, 0.4) is 0 Å². The molecule has 33 heavy (non-hydrogen) atoms. The molecule has 0 saturated heterocycles. The number of aliphatic hydroxyl groups excluding tert-OH is 1. The second-order valence-corrected chi connectivity index (χ2v) is 8.11. The summed E-state index contributed by atoms with van der Waals surface area (Å²) in [7, 11) is 0. The summed E-state index contributed by atoms with van der Waals surface area (Å²) in [6.07, 6.45) is 4.58. The van der Waals surface area contributed by atoms with Crippen LogP contribution in [-0.2, 0) is 4.74 Å². The minimum atomic E-state index is -0.672. The minimum absolute atomic E-state index is 0.162. The van der Waals surface area contributed by atoms with Crippen molar-refractivity contribution >= 4 is 11.6 Å². The first-order valence-electron chi connectivity index (χ1n) is 11.6. The number of nitrogens with two attached hydrogens (primary N) is 1. The maximum absolute atomic E-state index is 12.1. The third kappa shape index (κ3) is 8.92. The number of aliphatic hydroxyl groups is 1. The number of para-hydroxylation sites is 1. The maximum Gasteiger partial charge on any atom is 0.253 e. The van der Waals surface area contributed by atoms with Crippen LogP contribution in [0.25, 0.3) is 0 Å². The molecule has 0 heterocycles. The van der Waals surface area contributed by atoms with Crippen LogP contribution < -0.4 is 25.8 Å². The van der Waals surface area contributed by atoms with E-state index in [2.05, 4.69) is 10.6 Å². The lowest BCUT2D eigenvalue weighted by atomic mass is 10.1. The lowest BCUT2D eigenvalue weighted by Gasteiger charge is -2.14. The van der Waals surface area contributed by atoms with Gasteiger partial charge in [0.05, 0.1) is 18.3 Å². The van der Waals surface area contributed by atoms with Crippen molar-refractivity contribution in [3.8, 4) is 11.5 Å². The predicted molar refractivity (Wildman–Crippen MR) is 128 cm³/mol. The monoisotopic (exact) mass is 457 g/mol. The summed E-state index contributed by atoms with van der Waals surface area (Å²) in [5.74, 6) is 1.21. The van der Waals surface area contributed by atoms with Gasteiger partial charge in [-0.25, -0.2) is 0 Å². The van der Waals surface area contributed by atoms with E-state index >= 15 is 0 Å². The molecule has 5 N–H and O–H groups in total. The van der Waals surface area contributed by atoms with Crippen LogP contribution in [0.1, 0.15) is 36.0 Å². The first-order valence-corrected chi connectivity index (χ1v) is 11.6. The molecule has 0 bridgehead atoms. The first kappa shape index (κ1) is 24.8. The molecule has 1 aliphatic rings. The SMILES string of the molecule is Nc1ccccc1C(=O)NCCNCC(O)COc1ccc(OCCOC2CCCC2)cc1. The number of amides is 1. The fourth-order valence-electron chi connectivity index (χ4n) is 3.64. The zero-order chi connectivity index (χ0) is 23.3. The molecule has 0 radical (unpaired) electrons. The lowest BCUT2D eigenvalue weighted by Crippen LogP contribution is -2.37. The summed E-state index contributed by atoms with van der Waals surface area (Å²) in [5.41, 5.74) is 6.70. The standard InChI is InChI=1S/C25H35N3O5/c26-24-8-4-3-7-23(24)25(30)28-14-13-27-17-19(29)18-33-22-11-9-21(10-12-22)32-16-15-31-20-5-1-2-6-20/h3-4,7-12,19-20,27,29H,1-2,5-6,13-18,26H2,(H,28,30). The number of hydrogen-bond donors (Lipinski definition) is 4. The van der Waals surface area contributed by atoms with Crippen molar-refractivity contribution in [2.24, 2.45) is 0 Å². The number of benzene rings is 2. The molecule has 1 amide bonds. The number of carbonyl (C=O) groups is 1. The first-order chi connectivity index (χ1) is 16.1. The van der Waals surface area contributed by atoms with Crippen molar-refractivity contribution < 1.29 is 24.1 Å². The van der Waals surface area contributed by atoms with Gasteiger partial charge in [-0.15, -0.1) is 0 Å². The molecule has 1 aliphatic carbocycles. The number of anilines is 1. The Hall–Kier alpha value is -2.81. The third-order valence-electron chi connectivity index (χ3n) is 5.45. The summed E-state index contributed by atoms with van der Waals surface area (Å²) < 4.78 is 17.1. The van der Waals surface area contributed by atoms with E-state index in [4.69, 9.17) is 19.9 Å². The van der Waals surface area contributed by atoms with Gasteiger partial charge in [0.15, 0.2) is 0 Å². The van der Waals surface area contributed by atoms with Gasteiger partial charge >= 0.3 is 0 Å². The van der Waals surface area contributed by atoms with Gasteiger partial charge in [-0.3, -0.25) is 4.79 Å². The number of carbonyl (C=O) groups excluding carboxylic acids is 1. The van der Waals surface area contributed by atoms with E-state index in [1.807, 2.05) is 24.3 Å². The van der Waals surface area contributed by atoms with Crippen LogP contribution in [0.2, 0.25) is 0 Å². The van der Waals surface area contributed by atoms with Crippen molar-refractivity contribution in [2.75, 3.05) is 45.2 Å². The van der Waals surface area contributed by atoms with E-state index in [1.54, 1.807) is 24.3 Å². The molecule has 0 spiro atoms. The second kappa shape index (κ2) is 13.7. The van der Waals surface area contributed by atoms with Gasteiger partial charge in [-0.05, 0) is 49.2 Å². The van der Waals surface area contributed by atoms with Crippen molar-refractivity contribution in [3.63, 3.8) is 0 Å². The predicted octanol–water partition coefficient (Wildman–Crippen LogP) is 2.37. The fraction of sp³-hybridized carbons (Fsp3) is 0.480. The largest absolute Gasteiger partial charge is 0.491 e. The van der Waals surface area contributed by atoms with E-state index in [1.165, 1.54) is 12.8 Å². The van der Waals surface area contributed by atoms with Gasteiger partial charge < -0.3 is 35.7 Å². The van der Waals surface area contributed by atoms with Crippen LogP contribution in [0, 0.1) is 0 Å². The van der Waals surface area contributed by atoms with Crippen LogP contribution in [0.15, 0.2) is 48.5 Å². The highest BCUT2D eigenvalue weighted by Crippen LogP contribution is 2.21. The molecule has 0 aromatic heterocycles. The number of ether oxygens (including phenoxy) is 3. The maximum atomic E-state index is 12.1. The quantitative estimate of drug-likeness (QED) is 0.254. The van der Waals surface area contributed by atoms with Crippen LogP contribution in [0.4, 0.5) is 5.69 Å². The molecule has 8 heteroatoms. The Morgan fingerprint density at radius 1 is 1.00 bits per heavy atom. The van der Waals surface area contributed by atoms with E-state index in [0.717, 1.165) is 18.6 Å². The highest BCUT2D eigenvalue weighted by atomic mass is 16.5. The lowest BCUT2D eigenvalue weighted by molar-refractivity contribution is 0.0382. The summed E-state index contributed by atoms with van der Waals surface area (Å²) in [6, 6.07) is 14.3. The van der Waals surface area contributed by atoms with Gasteiger partial charge in [-0.1, -0.05) is 25.0 Å². The van der Waals surface area contributed by atoms with Gasteiger partial charge in [0.1, 0.15) is 30.8 Å². The number of hydrogen-bond acceptors (Lipinski definition) is 7. The van der Waals surface area contributed by atoms with E-state index < -0.39 is 6.10 Å². The summed E-state index contributed by atoms with van der Waals surface area (Å²) in [6.45, 7) is 2.59. The van der Waals surface area contributed by atoms with E-state index in [0.29, 0.717) is 56.0 Å². The zero-order valence-corrected chi connectivity index (χ0v) is 19.0. The van der Waals surface area contributed by atoms with Crippen molar-refractivity contribution in [3.05, 3.63) is 54.1 Å². The second-order valence-electron chi connectivity index (χ2n) is 8.11. The fourth-order valence-corrected chi connectivity index (χ4v) is 3.64. The topological polar surface area (TPSA) is 115 Å². The summed E-state index contributed by atoms with van der Waals surface area (Å²) in [5, 5.41) is 16.0. The van der Waals surface area contributed by atoms with Crippen molar-refractivity contribution in [1.29, 1.82) is 0 Å². The minimum Gasteiger partial charge on any atom is -0.491 e. The summed E-state index contributed by atoms with van der Waals surface area (Å²) in [4.78, 5) is 12.1. The van der Waals surface area contributed by atoms with Gasteiger partial charge in [0.25, 0.3) is 5.91 Å². The molecule has 1 atom stereocenters. The van der Waals surface area contributed by atoms with E-state index in [9.17, 15) is 9.90 Å². The molecule has 1 saturated carbocycles. The molecular formula is C25H35N3O5. The Morgan fingerprint density at radius 3 is 2.42 bits per heavy atom. The molecular weight excluding hydrogens is 422 g/mol. The third-order valence-corrected chi connectivity index (χ3v) is 5.45. The van der Waals surface area contributed by atoms with E-state index in [-0.39, 0.29) is 12.5 Å². The number of nitrogen functional groups attached to an aromatic ring is 1. The molecule has 0 aliphatic heterocycles. The molecule has 1 fully saturated rings. The zero-order valence-electron chi connectivity index (χ0n) is 19.0. The summed E-state index contributed by atoms with van der Waals surface area (Å²) >= 11 is 0. The Bertz CT molecular complexity index is 840.